The molecule has 6 heterocycles. The van der Waals surface area contributed by atoms with Gasteiger partial charge in [0.1, 0.15) is 140 Å². The molecule has 6 fully saturated rings. The summed E-state index contributed by atoms with van der Waals surface area (Å²) in [5.74, 6) is -1.21. The molecular formula is C82H150N2O32. The predicted octanol–water partition coefficient (Wildman–Crippen LogP) is 1.58. The van der Waals surface area contributed by atoms with Crippen molar-refractivity contribution in [3.8, 4) is 0 Å². The molecule has 6 rings (SSSR count). The Morgan fingerprint density at radius 1 is 0.353 bits per heavy atom. The molecule has 0 spiro atoms. The Morgan fingerprint density at radius 2 is 0.698 bits per heavy atom. The molecule has 20 N–H and O–H groups in total. The first-order valence-electron chi connectivity index (χ1n) is 43.8. The number of carbonyl (C=O) groups is 2. The molecule has 0 aromatic rings. The van der Waals surface area contributed by atoms with Crippen molar-refractivity contribution >= 4 is 11.8 Å². The van der Waals surface area contributed by atoms with E-state index >= 15 is 0 Å². The predicted molar refractivity (Wildman–Crippen MR) is 418 cm³/mol. The van der Waals surface area contributed by atoms with Crippen molar-refractivity contribution in [2.45, 2.75) is 455 Å². The molecule has 6 saturated heterocycles. The van der Waals surface area contributed by atoms with Crippen LogP contribution in [-0.2, 0) is 66.4 Å². The van der Waals surface area contributed by atoms with E-state index in [0.29, 0.717) is 12.8 Å². The van der Waals surface area contributed by atoms with E-state index in [1.807, 2.05) is 6.08 Å². The third-order valence-corrected chi connectivity index (χ3v) is 23.3. The Labute approximate surface area is 685 Å². The third-order valence-electron chi connectivity index (χ3n) is 23.3. The topological polar surface area (TPSA) is 533 Å². The van der Waals surface area contributed by atoms with Crippen LogP contribution in [0.4, 0.5) is 0 Å². The smallest absolute Gasteiger partial charge is 0.220 e. The lowest BCUT2D eigenvalue weighted by molar-refractivity contribution is -0.394. The third kappa shape index (κ3) is 32.5. The monoisotopic (exact) mass is 1680 g/mol. The normalized spacial score (nSPS) is 36.4. The summed E-state index contributed by atoms with van der Waals surface area (Å²) < 4.78 is 71.0. The zero-order valence-corrected chi connectivity index (χ0v) is 69.1. The van der Waals surface area contributed by atoms with Crippen LogP contribution in [0.1, 0.15) is 259 Å². The number of rotatable bonds is 58. The summed E-state index contributed by atoms with van der Waals surface area (Å²) in [5.41, 5.74) is 0. The Bertz CT molecular complexity index is 2600. The van der Waals surface area contributed by atoms with E-state index in [4.69, 9.17) is 56.8 Å². The van der Waals surface area contributed by atoms with Crippen LogP contribution in [0.5, 0.6) is 0 Å². The second-order valence-electron chi connectivity index (χ2n) is 32.7. The van der Waals surface area contributed by atoms with Gasteiger partial charge in [-0.3, -0.25) is 9.59 Å². The molecule has 2 amide bonds. The van der Waals surface area contributed by atoms with Crippen molar-refractivity contribution in [2.75, 3.05) is 39.6 Å². The fourth-order valence-electron chi connectivity index (χ4n) is 16.0. The maximum absolute atomic E-state index is 13.6. The summed E-state index contributed by atoms with van der Waals surface area (Å²) >= 11 is 0. The number of ether oxygens (including phenoxy) is 12. The maximum atomic E-state index is 13.6. The van der Waals surface area contributed by atoms with Crippen LogP contribution in [0.15, 0.2) is 12.2 Å². The quantitative estimate of drug-likeness (QED) is 0.0304. The van der Waals surface area contributed by atoms with Crippen LogP contribution in [0.2, 0.25) is 0 Å². The maximum Gasteiger partial charge on any atom is 0.220 e. The van der Waals surface area contributed by atoms with E-state index in [0.717, 1.165) is 58.3 Å². The van der Waals surface area contributed by atoms with E-state index in [1.165, 1.54) is 167 Å². The zero-order valence-electron chi connectivity index (χ0n) is 69.1. The highest BCUT2D eigenvalue weighted by Crippen LogP contribution is 2.38. The average Bonchev–Trinajstić information content (AvgIpc) is 0.768. The highest BCUT2D eigenvalue weighted by atomic mass is 16.8. The lowest BCUT2D eigenvalue weighted by Gasteiger charge is -2.51. The van der Waals surface area contributed by atoms with Crippen LogP contribution >= 0.6 is 0 Å². The van der Waals surface area contributed by atoms with Gasteiger partial charge in [-0.05, 0) is 26.2 Å². The Morgan fingerprint density at radius 3 is 1.15 bits per heavy atom. The van der Waals surface area contributed by atoms with Gasteiger partial charge in [-0.2, -0.15) is 0 Å². The van der Waals surface area contributed by atoms with Crippen molar-refractivity contribution in [1.82, 2.24) is 10.6 Å². The standard InChI is InChI=1S/C82H150N2O32/c1-5-7-9-11-13-15-17-19-20-21-22-23-24-25-26-27-28-30-32-34-36-38-40-42-58(92)84-51(52(91)41-39-37-35-33-31-29-18-16-14-12-10-8-6-2)48-105-78-69(102)67(100)72(57(47-89)111-78)112-80-71(104)75(64(97)56(46-88)108-80)115-81-70(103)74(63(96)55(45-87)109-81)114-77-59(83-50(4)90)73(62(95)54(44-86)107-77)113-82-76(66(99)61(94)53(43-85)110-82)116-79-68(101)65(98)60(93)49(3)106-79/h39,41,49,51-57,59-82,85-89,91,93-104H,5-38,40,42-48H2,1-4H3,(H,83,90)(H,84,92)/b41-39+/t49?,51-,52+,53?,54?,55?,56?,57?,59?,60+,61-,62-,63-,64-,65?,66-,67+,68-,69?,70?,71?,72+,73+,74-,75-,76?,77-,78+,79+,80-,81+,82-/m0/s1. The summed E-state index contributed by atoms with van der Waals surface area (Å²) in [4.78, 5) is 26.7. The van der Waals surface area contributed by atoms with Gasteiger partial charge < -0.3 is 159 Å². The largest absolute Gasteiger partial charge is 0.394 e. The fourth-order valence-corrected chi connectivity index (χ4v) is 16.0. The van der Waals surface area contributed by atoms with Crippen molar-refractivity contribution in [1.29, 1.82) is 0 Å². The highest BCUT2D eigenvalue weighted by Gasteiger charge is 2.59. The van der Waals surface area contributed by atoms with E-state index in [-0.39, 0.29) is 12.3 Å². The molecule has 0 radical (unpaired) electrons. The first-order valence-corrected chi connectivity index (χ1v) is 43.8. The van der Waals surface area contributed by atoms with E-state index < -0.39 is 242 Å². The van der Waals surface area contributed by atoms with Gasteiger partial charge in [0.05, 0.1) is 57.9 Å². The fraction of sp³-hybridized carbons (Fsp3) is 0.951. The van der Waals surface area contributed by atoms with Crippen LogP contribution in [0.3, 0.4) is 0 Å². The molecule has 12 unspecified atom stereocenters. The number of hydrogen-bond acceptors (Lipinski definition) is 32. The van der Waals surface area contributed by atoms with Gasteiger partial charge in [-0.25, -0.2) is 0 Å². The molecule has 0 aromatic heterocycles. The van der Waals surface area contributed by atoms with Crippen LogP contribution in [-0.4, -0.2) is 340 Å². The Hall–Kier alpha value is -2.52. The second-order valence-corrected chi connectivity index (χ2v) is 32.7. The summed E-state index contributed by atoms with van der Waals surface area (Å²) in [6.07, 6.45) is -11.1. The highest BCUT2D eigenvalue weighted by molar-refractivity contribution is 5.76. The SMILES string of the molecule is CCCCCCCCCCCCC/C=C/[C@@H](O)[C@H](CO[C@@H]1OC(CO)[C@@H](O[C@@H]2OC(CO)[C@H](O)[C@H](O[C@H]3OC(CO)[C@H](O)[C@H](O[C@@H]4OC(CO)[C@H](O)[C@H](O[C@@H]5OC(CO)[C@H](O)[C@H](O)C5O[C@H]5OC(C)[C@@H](O)C(O)[C@@H]5O)C4NC(C)=O)C3O)C2O)[C@H](O)C1O)NC(=O)CCCCCCCCCCCCCCCCCCCCCCCCC. The number of hydrogen-bond donors (Lipinski definition) is 20. The van der Waals surface area contributed by atoms with Crippen LogP contribution in [0.25, 0.3) is 0 Å². The summed E-state index contributed by atoms with van der Waals surface area (Å²) in [6, 6.07) is -2.90. The minimum atomic E-state index is -2.29. The van der Waals surface area contributed by atoms with E-state index in [9.17, 15) is 102 Å². The van der Waals surface area contributed by atoms with Crippen molar-refractivity contribution in [3.63, 3.8) is 0 Å². The van der Waals surface area contributed by atoms with Gasteiger partial charge in [0.15, 0.2) is 37.7 Å². The molecule has 34 nitrogen and oxygen atoms in total. The molecule has 34 heteroatoms. The average molecular weight is 1680 g/mol. The Balaban J connectivity index is 1.05. The van der Waals surface area contributed by atoms with Crippen molar-refractivity contribution in [2.24, 2.45) is 0 Å². The molecule has 6 aliphatic heterocycles. The van der Waals surface area contributed by atoms with E-state index in [2.05, 4.69) is 24.5 Å². The molecular weight excluding hydrogens is 1520 g/mol. The van der Waals surface area contributed by atoms with Gasteiger partial charge in [0.25, 0.3) is 0 Å². The van der Waals surface area contributed by atoms with Crippen LogP contribution < -0.4 is 10.6 Å². The Kier molecular flexibility index (Phi) is 49.7. The number of carbonyl (C=O) groups excluding carboxylic acids is 2. The number of unbranched alkanes of at least 4 members (excludes halogenated alkanes) is 33. The van der Waals surface area contributed by atoms with Gasteiger partial charge in [-0.1, -0.05) is 231 Å². The first kappa shape index (κ1) is 102. The lowest BCUT2D eigenvalue weighted by Crippen LogP contribution is -2.70. The van der Waals surface area contributed by atoms with Gasteiger partial charge in [-0.15, -0.1) is 0 Å². The number of allylic oxidation sites excluding steroid dienone is 1. The van der Waals surface area contributed by atoms with Gasteiger partial charge >= 0.3 is 0 Å². The van der Waals surface area contributed by atoms with E-state index in [1.54, 1.807) is 6.08 Å². The first-order chi connectivity index (χ1) is 55.9. The molecule has 32 atom stereocenters. The minimum absolute atomic E-state index is 0.178. The number of aliphatic hydroxyl groups excluding tert-OH is 18. The number of aliphatic hydroxyl groups is 18. The molecule has 0 aliphatic carbocycles. The molecule has 0 bridgehead atoms. The molecule has 0 aromatic carbocycles. The second kappa shape index (κ2) is 56.4. The summed E-state index contributed by atoms with van der Waals surface area (Å²) in [6.45, 7) is 1.34. The van der Waals surface area contributed by atoms with Crippen molar-refractivity contribution in [3.05, 3.63) is 12.2 Å². The van der Waals surface area contributed by atoms with Crippen molar-refractivity contribution < 1.29 is 158 Å². The summed E-state index contributed by atoms with van der Waals surface area (Å²) in [7, 11) is 0. The molecule has 6 aliphatic rings. The minimum Gasteiger partial charge on any atom is -0.394 e. The molecule has 680 valence electrons. The lowest BCUT2D eigenvalue weighted by atomic mass is 9.94. The molecule has 0 saturated carbocycles. The van der Waals surface area contributed by atoms with Crippen LogP contribution in [0, 0.1) is 0 Å². The number of nitrogens with one attached hydrogen (secondary N) is 2. The number of amides is 2. The van der Waals surface area contributed by atoms with Gasteiger partial charge in [0.2, 0.25) is 11.8 Å². The zero-order chi connectivity index (χ0) is 84.6. The van der Waals surface area contributed by atoms with Gasteiger partial charge in [0, 0.05) is 13.3 Å². The summed E-state index contributed by atoms with van der Waals surface area (Å²) in [5, 5.41) is 206. The molecule has 116 heavy (non-hydrogen) atoms.